The molecular formula is C16H17N5OS. The maximum atomic E-state index is 12.5. The quantitative estimate of drug-likeness (QED) is 0.798. The van der Waals surface area contributed by atoms with Crippen LogP contribution in [-0.4, -0.2) is 25.7 Å². The molecule has 0 atom stereocenters. The first-order valence-corrected chi connectivity index (χ1v) is 8.07. The molecule has 3 rings (SSSR count). The van der Waals surface area contributed by atoms with Gasteiger partial charge in [0.15, 0.2) is 0 Å². The Bertz CT molecular complexity index is 822. The molecule has 3 aromatic heterocycles. The van der Waals surface area contributed by atoms with Crippen molar-refractivity contribution in [1.82, 2.24) is 19.7 Å². The summed E-state index contributed by atoms with van der Waals surface area (Å²) in [6.45, 7) is 4.10. The molecule has 0 radical (unpaired) electrons. The summed E-state index contributed by atoms with van der Waals surface area (Å²) >= 11 is 1.36. The molecule has 118 valence electrons. The molecule has 6 nitrogen and oxygen atoms in total. The van der Waals surface area contributed by atoms with Crippen LogP contribution in [0.1, 0.15) is 35.1 Å². The zero-order chi connectivity index (χ0) is 16.4. The Kier molecular flexibility index (Phi) is 4.20. The highest BCUT2D eigenvalue weighted by Crippen LogP contribution is 2.27. The van der Waals surface area contributed by atoms with Crippen LogP contribution in [0.5, 0.6) is 0 Å². The Hall–Kier alpha value is -2.54. The number of rotatable bonds is 4. The molecule has 1 N–H and O–H groups in total. The van der Waals surface area contributed by atoms with Crippen LogP contribution < -0.4 is 5.32 Å². The van der Waals surface area contributed by atoms with E-state index in [0.29, 0.717) is 4.88 Å². The average molecular weight is 327 g/mol. The topological polar surface area (TPSA) is 72.7 Å². The fourth-order valence-electron chi connectivity index (χ4n) is 2.22. The van der Waals surface area contributed by atoms with Gasteiger partial charge in [0.1, 0.15) is 9.88 Å². The Balaban J connectivity index is 1.81. The van der Waals surface area contributed by atoms with Crippen LogP contribution in [-0.2, 0) is 7.05 Å². The third-order valence-electron chi connectivity index (χ3n) is 3.31. The molecule has 3 aromatic rings. The summed E-state index contributed by atoms with van der Waals surface area (Å²) in [6, 6.07) is 3.75. The van der Waals surface area contributed by atoms with Gasteiger partial charge in [-0.2, -0.15) is 5.10 Å². The van der Waals surface area contributed by atoms with Crippen LogP contribution in [0.15, 0.2) is 36.9 Å². The number of anilines is 1. The molecule has 7 heteroatoms. The number of amides is 1. The largest absolute Gasteiger partial charge is 0.318 e. The van der Waals surface area contributed by atoms with Crippen LogP contribution >= 0.6 is 11.3 Å². The smallest absolute Gasteiger partial charge is 0.267 e. The zero-order valence-corrected chi connectivity index (χ0v) is 14.0. The molecule has 0 fully saturated rings. The summed E-state index contributed by atoms with van der Waals surface area (Å²) in [5.41, 5.74) is 2.57. The van der Waals surface area contributed by atoms with Crippen LogP contribution in [0.3, 0.4) is 0 Å². The number of carbonyl (C=O) groups is 1. The van der Waals surface area contributed by atoms with E-state index in [0.717, 1.165) is 22.0 Å². The van der Waals surface area contributed by atoms with Gasteiger partial charge in [-0.1, -0.05) is 13.8 Å². The minimum Gasteiger partial charge on any atom is -0.318 e. The molecular weight excluding hydrogens is 310 g/mol. The van der Waals surface area contributed by atoms with E-state index in [4.69, 9.17) is 0 Å². The summed E-state index contributed by atoms with van der Waals surface area (Å²) in [5, 5.41) is 8.12. The number of nitrogens with one attached hydrogen (secondary N) is 1. The van der Waals surface area contributed by atoms with Gasteiger partial charge >= 0.3 is 0 Å². The number of nitrogens with zero attached hydrogens (tertiary/aromatic N) is 4. The Morgan fingerprint density at radius 1 is 1.30 bits per heavy atom. The third kappa shape index (κ3) is 3.29. The molecule has 0 bridgehead atoms. The van der Waals surface area contributed by atoms with E-state index in [1.807, 2.05) is 39.2 Å². The van der Waals surface area contributed by atoms with Crippen molar-refractivity contribution in [2.24, 2.45) is 7.05 Å². The highest BCUT2D eigenvalue weighted by Gasteiger charge is 2.17. The van der Waals surface area contributed by atoms with Crippen molar-refractivity contribution in [2.45, 2.75) is 19.8 Å². The minimum atomic E-state index is -0.169. The van der Waals surface area contributed by atoms with E-state index in [1.165, 1.54) is 11.3 Å². The van der Waals surface area contributed by atoms with Crippen molar-refractivity contribution in [3.8, 4) is 10.6 Å². The Morgan fingerprint density at radius 3 is 2.74 bits per heavy atom. The first-order chi connectivity index (χ1) is 11.0. The summed E-state index contributed by atoms with van der Waals surface area (Å²) < 4.78 is 1.71. The summed E-state index contributed by atoms with van der Waals surface area (Å²) in [5.74, 6) is 0.0676. The molecule has 23 heavy (non-hydrogen) atoms. The monoisotopic (exact) mass is 327 g/mol. The van der Waals surface area contributed by atoms with Gasteiger partial charge in [-0.3, -0.25) is 14.5 Å². The molecule has 0 saturated carbocycles. The fraction of sp³-hybridized carbons (Fsp3) is 0.250. The van der Waals surface area contributed by atoms with Crippen molar-refractivity contribution in [1.29, 1.82) is 0 Å². The van der Waals surface area contributed by atoms with Crippen molar-refractivity contribution < 1.29 is 4.79 Å². The molecule has 0 saturated heterocycles. The third-order valence-corrected chi connectivity index (χ3v) is 4.35. The van der Waals surface area contributed by atoms with Gasteiger partial charge in [0.2, 0.25) is 0 Å². The Labute approximate surface area is 138 Å². The number of carbonyl (C=O) groups excluding carboxylic acids is 1. The molecule has 0 unspecified atom stereocenters. The highest BCUT2D eigenvalue weighted by atomic mass is 32.1. The van der Waals surface area contributed by atoms with Crippen molar-refractivity contribution in [3.05, 3.63) is 47.5 Å². The van der Waals surface area contributed by atoms with E-state index in [9.17, 15) is 4.79 Å². The van der Waals surface area contributed by atoms with Gasteiger partial charge in [0.25, 0.3) is 5.91 Å². The van der Waals surface area contributed by atoms with Crippen LogP contribution in [0.2, 0.25) is 0 Å². The molecule has 1 amide bonds. The zero-order valence-electron chi connectivity index (χ0n) is 13.1. The van der Waals surface area contributed by atoms with Crippen molar-refractivity contribution in [2.75, 3.05) is 5.32 Å². The molecule has 0 aliphatic carbocycles. The fourth-order valence-corrected chi connectivity index (χ4v) is 3.04. The molecule has 0 aliphatic heterocycles. The number of thiazole rings is 1. The number of aryl methyl sites for hydroxylation is 1. The van der Waals surface area contributed by atoms with E-state index < -0.39 is 0 Å². The molecule has 0 spiro atoms. The molecule has 0 aliphatic rings. The van der Waals surface area contributed by atoms with Gasteiger partial charge in [0.05, 0.1) is 17.6 Å². The minimum absolute atomic E-state index is 0.169. The maximum absolute atomic E-state index is 12.5. The first-order valence-electron chi connectivity index (χ1n) is 7.25. The second-order valence-corrected chi connectivity index (χ2v) is 6.51. The standard InChI is InChI=1S/C16H17N5OS/c1-10(2)14-12(9-21(3)20-14)19-15(22)13-8-18-16(23-13)11-4-6-17-7-5-11/h4-10H,1-3H3,(H,19,22). The first kappa shape index (κ1) is 15.4. The van der Waals surface area contributed by atoms with Crippen LogP contribution in [0, 0.1) is 0 Å². The van der Waals surface area contributed by atoms with E-state index >= 15 is 0 Å². The number of hydrogen-bond acceptors (Lipinski definition) is 5. The summed E-state index contributed by atoms with van der Waals surface area (Å²) in [7, 11) is 1.84. The van der Waals surface area contributed by atoms with Gasteiger partial charge in [-0.25, -0.2) is 4.98 Å². The second kappa shape index (κ2) is 6.29. The normalized spacial score (nSPS) is 11.0. The predicted molar refractivity (Wildman–Crippen MR) is 90.6 cm³/mol. The van der Waals surface area contributed by atoms with E-state index in [-0.39, 0.29) is 11.8 Å². The summed E-state index contributed by atoms with van der Waals surface area (Å²) in [4.78, 5) is 21.3. The number of pyridine rings is 1. The lowest BCUT2D eigenvalue weighted by Crippen LogP contribution is -2.11. The molecule has 3 heterocycles. The van der Waals surface area contributed by atoms with Crippen LogP contribution in [0.25, 0.3) is 10.6 Å². The van der Waals surface area contributed by atoms with Crippen molar-refractivity contribution in [3.63, 3.8) is 0 Å². The van der Waals surface area contributed by atoms with Crippen molar-refractivity contribution >= 4 is 22.9 Å². The average Bonchev–Trinajstić information content (AvgIpc) is 3.15. The van der Waals surface area contributed by atoms with E-state index in [2.05, 4.69) is 20.4 Å². The SMILES string of the molecule is CC(C)c1nn(C)cc1NC(=O)c1cnc(-c2ccncc2)s1. The van der Waals surface area contributed by atoms with Gasteiger partial charge in [-0.05, 0) is 18.1 Å². The highest BCUT2D eigenvalue weighted by molar-refractivity contribution is 7.17. The summed E-state index contributed by atoms with van der Waals surface area (Å²) in [6.07, 6.45) is 6.83. The number of hydrogen-bond donors (Lipinski definition) is 1. The lowest BCUT2D eigenvalue weighted by atomic mass is 10.1. The lowest BCUT2D eigenvalue weighted by Gasteiger charge is -2.05. The van der Waals surface area contributed by atoms with Crippen LogP contribution in [0.4, 0.5) is 5.69 Å². The number of aromatic nitrogens is 4. The second-order valence-electron chi connectivity index (χ2n) is 5.48. The predicted octanol–water partition coefficient (Wildman–Crippen LogP) is 3.31. The van der Waals surface area contributed by atoms with Gasteiger partial charge in [0, 0.05) is 31.2 Å². The lowest BCUT2D eigenvalue weighted by molar-refractivity contribution is 0.103. The molecule has 0 aromatic carbocycles. The van der Waals surface area contributed by atoms with E-state index in [1.54, 1.807) is 23.3 Å². The van der Waals surface area contributed by atoms with Gasteiger partial charge in [-0.15, -0.1) is 11.3 Å². The van der Waals surface area contributed by atoms with Gasteiger partial charge < -0.3 is 5.32 Å². The maximum Gasteiger partial charge on any atom is 0.267 e. The Morgan fingerprint density at radius 2 is 2.04 bits per heavy atom.